The largest absolute Gasteiger partial charge is 0.478 e. The highest BCUT2D eigenvalue weighted by molar-refractivity contribution is 5.88. The monoisotopic (exact) mass is 414 g/mol. The average Bonchev–Trinajstić information content (AvgIpc) is 2.66. The molecular weight excluding hydrogens is 380 g/mol. The predicted molar refractivity (Wildman–Crippen MR) is 117 cm³/mol. The number of carbonyl (C=O) groups is 2. The molecular formula is C24H34N2O4. The van der Waals surface area contributed by atoms with Crippen LogP contribution in [0.25, 0.3) is 0 Å². The third-order valence-electron chi connectivity index (χ3n) is 4.94. The van der Waals surface area contributed by atoms with Gasteiger partial charge in [0.15, 0.2) is 0 Å². The molecule has 1 saturated heterocycles. The molecule has 2 N–H and O–H groups in total. The number of hydrogen-bond acceptors (Lipinski definition) is 4. The molecule has 0 radical (unpaired) electrons. The van der Waals surface area contributed by atoms with Gasteiger partial charge in [-0.25, -0.2) is 9.59 Å². The quantitative estimate of drug-likeness (QED) is 0.532. The second kappa shape index (κ2) is 11.0. The van der Waals surface area contributed by atoms with Crippen molar-refractivity contribution in [2.75, 3.05) is 13.1 Å². The highest BCUT2D eigenvalue weighted by atomic mass is 16.6. The fourth-order valence-electron chi connectivity index (χ4n) is 3.34. The molecule has 0 aliphatic carbocycles. The Bertz CT molecular complexity index is 794. The summed E-state index contributed by atoms with van der Waals surface area (Å²) in [6, 6.07) is 5.30. The second-order valence-electron chi connectivity index (χ2n) is 8.78. The molecule has 1 aromatic carbocycles. The van der Waals surface area contributed by atoms with E-state index >= 15 is 0 Å². The van der Waals surface area contributed by atoms with Gasteiger partial charge in [0.25, 0.3) is 0 Å². The lowest BCUT2D eigenvalue weighted by atomic mass is 10.0. The van der Waals surface area contributed by atoms with E-state index < -0.39 is 11.6 Å². The first kappa shape index (κ1) is 23.8. The number of ether oxygens (including phenoxy) is 1. The highest BCUT2D eigenvalue weighted by Gasteiger charge is 2.24. The van der Waals surface area contributed by atoms with Crippen molar-refractivity contribution in [2.45, 2.75) is 78.0 Å². The van der Waals surface area contributed by atoms with Crippen LogP contribution in [0.4, 0.5) is 4.79 Å². The van der Waals surface area contributed by atoms with Crippen molar-refractivity contribution in [1.29, 1.82) is 0 Å². The molecule has 6 heteroatoms. The predicted octanol–water partition coefficient (Wildman–Crippen LogP) is 4.42. The van der Waals surface area contributed by atoms with E-state index in [4.69, 9.17) is 4.74 Å². The first-order valence-electron chi connectivity index (χ1n) is 10.7. The van der Waals surface area contributed by atoms with E-state index in [0.717, 1.165) is 62.9 Å². The SMILES string of the molecule is CCCCC#Cc1cc(C(=O)O)ccc1CN1CCC(NC(=O)OC(C)(C)C)CC1. The number of amides is 1. The highest BCUT2D eigenvalue weighted by Crippen LogP contribution is 2.18. The molecule has 1 aliphatic heterocycles. The number of carboxylic acids is 1. The zero-order valence-corrected chi connectivity index (χ0v) is 18.6. The molecule has 30 heavy (non-hydrogen) atoms. The molecule has 1 heterocycles. The zero-order valence-electron chi connectivity index (χ0n) is 18.6. The average molecular weight is 415 g/mol. The van der Waals surface area contributed by atoms with Crippen LogP contribution in [0.2, 0.25) is 0 Å². The summed E-state index contributed by atoms with van der Waals surface area (Å²) < 4.78 is 5.34. The Balaban J connectivity index is 1.97. The molecule has 0 unspecified atom stereocenters. The van der Waals surface area contributed by atoms with Gasteiger partial charge < -0.3 is 15.2 Å². The van der Waals surface area contributed by atoms with E-state index in [1.807, 2.05) is 26.8 Å². The van der Waals surface area contributed by atoms with Crippen molar-refractivity contribution in [3.8, 4) is 11.8 Å². The van der Waals surface area contributed by atoms with E-state index in [1.54, 1.807) is 12.1 Å². The number of unbranched alkanes of at least 4 members (excludes halogenated alkanes) is 2. The summed E-state index contributed by atoms with van der Waals surface area (Å²) in [5.74, 6) is 5.41. The van der Waals surface area contributed by atoms with Crippen molar-refractivity contribution in [3.05, 3.63) is 34.9 Å². The number of carboxylic acid groups (broad SMARTS) is 1. The summed E-state index contributed by atoms with van der Waals surface area (Å²) in [4.78, 5) is 25.6. The molecule has 2 rings (SSSR count). The second-order valence-corrected chi connectivity index (χ2v) is 8.78. The Labute approximate surface area is 180 Å². The van der Waals surface area contributed by atoms with Gasteiger partial charge in [-0.2, -0.15) is 0 Å². The van der Waals surface area contributed by atoms with E-state index in [0.29, 0.717) is 0 Å². The molecule has 164 valence electrons. The number of alkyl carbamates (subject to hydrolysis) is 1. The van der Waals surface area contributed by atoms with Crippen LogP contribution in [-0.2, 0) is 11.3 Å². The summed E-state index contributed by atoms with van der Waals surface area (Å²) >= 11 is 0. The normalized spacial score (nSPS) is 15.2. The molecule has 6 nitrogen and oxygen atoms in total. The van der Waals surface area contributed by atoms with Crippen LogP contribution in [0.5, 0.6) is 0 Å². The van der Waals surface area contributed by atoms with Crippen molar-refractivity contribution in [3.63, 3.8) is 0 Å². The standard InChI is InChI=1S/C24H34N2O4/c1-5-6-7-8-9-18-16-19(22(27)28)10-11-20(18)17-26-14-12-21(13-15-26)25-23(29)30-24(2,3)4/h10-11,16,21H,5-7,12-15,17H2,1-4H3,(H,25,29)(H,27,28). The fraction of sp³-hybridized carbons (Fsp3) is 0.583. The Morgan fingerprint density at radius 2 is 1.97 bits per heavy atom. The minimum Gasteiger partial charge on any atom is -0.478 e. The van der Waals surface area contributed by atoms with Crippen molar-refractivity contribution in [1.82, 2.24) is 10.2 Å². The smallest absolute Gasteiger partial charge is 0.407 e. The van der Waals surface area contributed by atoms with Gasteiger partial charge in [0.1, 0.15) is 5.60 Å². The Hall–Kier alpha value is -2.52. The summed E-state index contributed by atoms with van der Waals surface area (Å²) in [5.41, 5.74) is 1.60. The topological polar surface area (TPSA) is 78.9 Å². The first-order chi connectivity index (χ1) is 14.2. The van der Waals surface area contributed by atoms with Crippen LogP contribution in [0.1, 0.15) is 81.3 Å². The number of carbonyl (C=O) groups excluding carboxylic acids is 1. The van der Waals surface area contributed by atoms with Gasteiger partial charge in [0.2, 0.25) is 0 Å². The molecule has 1 fully saturated rings. The third kappa shape index (κ3) is 8.08. The van der Waals surface area contributed by atoms with Gasteiger partial charge in [0.05, 0.1) is 5.56 Å². The van der Waals surface area contributed by atoms with Crippen molar-refractivity contribution >= 4 is 12.1 Å². The van der Waals surface area contributed by atoms with Crippen LogP contribution in [-0.4, -0.2) is 46.8 Å². The van der Waals surface area contributed by atoms with E-state index in [2.05, 4.69) is 29.0 Å². The Morgan fingerprint density at radius 1 is 1.27 bits per heavy atom. The van der Waals surface area contributed by atoms with Gasteiger partial charge >= 0.3 is 12.1 Å². The fourth-order valence-corrected chi connectivity index (χ4v) is 3.34. The number of piperidine rings is 1. The van der Waals surface area contributed by atoms with E-state index in [9.17, 15) is 14.7 Å². The number of benzene rings is 1. The maximum absolute atomic E-state index is 12.0. The van der Waals surface area contributed by atoms with E-state index in [1.165, 1.54) is 0 Å². The molecule has 1 amide bonds. The summed E-state index contributed by atoms with van der Waals surface area (Å²) in [7, 11) is 0. The van der Waals surface area contributed by atoms with Crippen LogP contribution in [0, 0.1) is 11.8 Å². The van der Waals surface area contributed by atoms with Gasteiger partial charge in [-0.3, -0.25) is 4.90 Å². The maximum Gasteiger partial charge on any atom is 0.407 e. The summed E-state index contributed by atoms with van der Waals surface area (Å²) in [6.07, 6.45) is 4.28. The molecule has 1 aliphatic rings. The number of likely N-dealkylation sites (tertiary alicyclic amines) is 1. The van der Waals surface area contributed by atoms with Gasteiger partial charge in [0, 0.05) is 37.7 Å². The minimum atomic E-state index is -0.938. The Morgan fingerprint density at radius 3 is 2.57 bits per heavy atom. The van der Waals surface area contributed by atoms with Crippen LogP contribution in [0.3, 0.4) is 0 Å². The van der Waals surface area contributed by atoms with Crippen molar-refractivity contribution in [2.24, 2.45) is 0 Å². The third-order valence-corrected chi connectivity index (χ3v) is 4.94. The number of nitrogens with zero attached hydrogens (tertiary/aromatic N) is 1. The molecule has 0 saturated carbocycles. The lowest BCUT2D eigenvalue weighted by molar-refractivity contribution is 0.0477. The Kier molecular flexibility index (Phi) is 8.73. The lowest BCUT2D eigenvalue weighted by Crippen LogP contribution is -2.45. The van der Waals surface area contributed by atoms with Gasteiger partial charge in [-0.05, 0) is 57.7 Å². The van der Waals surface area contributed by atoms with E-state index in [-0.39, 0.29) is 17.7 Å². The number of hydrogen-bond donors (Lipinski definition) is 2. The van der Waals surface area contributed by atoms with Crippen LogP contribution >= 0.6 is 0 Å². The zero-order chi connectivity index (χ0) is 22.1. The summed E-state index contributed by atoms with van der Waals surface area (Å²) in [6.45, 7) is 10.1. The van der Waals surface area contributed by atoms with Crippen LogP contribution < -0.4 is 5.32 Å². The molecule has 0 aromatic heterocycles. The van der Waals surface area contributed by atoms with Crippen LogP contribution in [0.15, 0.2) is 18.2 Å². The number of rotatable bonds is 6. The number of aromatic carboxylic acids is 1. The van der Waals surface area contributed by atoms with Crippen molar-refractivity contribution < 1.29 is 19.4 Å². The van der Waals surface area contributed by atoms with Gasteiger partial charge in [-0.15, -0.1) is 0 Å². The summed E-state index contributed by atoms with van der Waals surface area (Å²) in [5, 5.41) is 12.3. The maximum atomic E-state index is 12.0. The molecule has 0 spiro atoms. The molecule has 0 atom stereocenters. The lowest BCUT2D eigenvalue weighted by Gasteiger charge is -2.33. The molecule has 1 aromatic rings. The minimum absolute atomic E-state index is 0.110. The molecule has 0 bridgehead atoms. The van der Waals surface area contributed by atoms with Gasteiger partial charge in [-0.1, -0.05) is 31.3 Å². The first-order valence-corrected chi connectivity index (χ1v) is 10.7. The number of nitrogens with one attached hydrogen (secondary N) is 1.